The van der Waals surface area contributed by atoms with E-state index in [1.54, 1.807) is 38.1 Å². The van der Waals surface area contributed by atoms with Crippen LogP contribution in [-0.4, -0.2) is 18.6 Å². The number of alkyl halides is 1. The number of hydrogen-bond donors (Lipinski definition) is 2. The molecule has 0 bridgehead atoms. The lowest BCUT2D eigenvalue weighted by molar-refractivity contribution is 0.600. The molecule has 1 aromatic carbocycles. The Kier molecular flexibility index (Phi) is 3.82. The summed E-state index contributed by atoms with van der Waals surface area (Å²) in [5.74, 6) is 0.396. The summed E-state index contributed by atoms with van der Waals surface area (Å²) in [5.41, 5.74) is 2.39. The van der Waals surface area contributed by atoms with Gasteiger partial charge < -0.3 is 0 Å². The zero-order valence-electron chi connectivity index (χ0n) is 10.6. The Morgan fingerprint density at radius 1 is 1.26 bits per heavy atom. The molecule has 0 aliphatic heterocycles. The van der Waals surface area contributed by atoms with E-state index in [-0.39, 0.29) is 4.90 Å². The van der Waals surface area contributed by atoms with Crippen LogP contribution in [0.3, 0.4) is 0 Å². The molecule has 0 saturated carbocycles. The van der Waals surface area contributed by atoms with Crippen LogP contribution in [0.25, 0.3) is 0 Å². The fraction of sp³-hybridized carbons (Fsp3) is 0.250. The molecule has 2 aromatic rings. The number of sulfonamides is 1. The van der Waals surface area contributed by atoms with E-state index in [2.05, 4.69) is 14.9 Å². The molecule has 0 unspecified atom stereocenters. The minimum absolute atomic E-state index is 0.189. The highest BCUT2D eigenvalue weighted by atomic mass is 35.5. The zero-order valence-corrected chi connectivity index (χ0v) is 12.1. The second kappa shape index (κ2) is 5.22. The Labute approximate surface area is 117 Å². The third-order valence-corrected chi connectivity index (χ3v) is 4.64. The minimum Gasteiger partial charge on any atom is -0.281 e. The van der Waals surface area contributed by atoms with E-state index in [0.717, 1.165) is 5.56 Å². The topological polar surface area (TPSA) is 74.8 Å². The van der Waals surface area contributed by atoms with Gasteiger partial charge in [-0.3, -0.25) is 9.82 Å². The first-order valence-electron chi connectivity index (χ1n) is 5.63. The highest BCUT2D eigenvalue weighted by Crippen LogP contribution is 2.21. The Bertz CT molecular complexity index is 658. The van der Waals surface area contributed by atoms with Gasteiger partial charge in [-0.25, -0.2) is 8.42 Å². The third-order valence-electron chi connectivity index (χ3n) is 2.69. The molecule has 2 N–H and O–H groups in total. The number of aryl methyl sites for hydroxylation is 2. The van der Waals surface area contributed by atoms with Gasteiger partial charge in [0, 0.05) is 11.6 Å². The van der Waals surface area contributed by atoms with E-state index in [4.69, 9.17) is 11.6 Å². The molecule has 0 saturated heterocycles. The van der Waals surface area contributed by atoms with Gasteiger partial charge >= 0.3 is 0 Å². The minimum atomic E-state index is -3.63. The largest absolute Gasteiger partial charge is 0.281 e. The molecule has 2 rings (SSSR count). The maximum atomic E-state index is 12.3. The fourth-order valence-corrected chi connectivity index (χ4v) is 3.41. The molecule has 0 radical (unpaired) electrons. The summed E-state index contributed by atoms with van der Waals surface area (Å²) in [6.07, 6.45) is 0. The molecule has 19 heavy (non-hydrogen) atoms. The first kappa shape index (κ1) is 13.9. The van der Waals surface area contributed by atoms with Crippen LogP contribution < -0.4 is 4.72 Å². The second-order valence-corrected chi connectivity index (χ2v) is 6.09. The fourth-order valence-electron chi connectivity index (χ4n) is 1.80. The summed E-state index contributed by atoms with van der Waals surface area (Å²) >= 11 is 5.68. The molecule has 1 heterocycles. The SMILES string of the molecule is Cc1n[nH]c(C)c1S(=O)(=O)Nc1ccc(CCl)cc1. The summed E-state index contributed by atoms with van der Waals surface area (Å²) in [5, 5.41) is 6.55. The van der Waals surface area contributed by atoms with Gasteiger partial charge in [0.05, 0.1) is 11.4 Å². The molecule has 0 fully saturated rings. The lowest BCUT2D eigenvalue weighted by Crippen LogP contribution is -2.14. The number of aromatic amines is 1. The van der Waals surface area contributed by atoms with E-state index in [0.29, 0.717) is 23.0 Å². The number of anilines is 1. The number of nitrogens with zero attached hydrogens (tertiary/aromatic N) is 1. The van der Waals surface area contributed by atoms with E-state index in [1.807, 2.05) is 0 Å². The highest BCUT2D eigenvalue weighted by Gasteiger charge is 2.22. The van der Waals surface area contributed by atoms with E-state index in [1.165, 1.54) is 0 Å². The summed E-state index contributed by atoms with van der Waals surface area (Å²) in [7, 11) is -3.63. The van der Waals surface area contributed by atoms with Crippen LogP contribution >= 0.6 is 11.6 Å². The number of aromatic nitrogens is 2. The number of rotatable bonds is 4. The van der Waals surface area contributed by atoms with E-state index in [9.17, 15) is 8.42 Å². The van der Waals surface area contributed by atoms with Crippen molar-refractivity contribution in [2.75, 3.05) is 4.72 Å². The van der Waals surface area contributed by atoms with E-state index < -0.39 is 10.0 Å². The van der Waals surface area contributed by atoms with Crippen molar-refractivity contribution in [1.82, 2.24) is 10.2 Å². The van der Waals surface area contributed by atoms with Crippen molar-refractivity contribution in [2.24, 2.45) is 0 Å². The van der Waals surface area contributed by atoms with Gasteiger partial charge in [-0.2, -0.15) is 5.10 Å². The number of halogens is 1. The zero-order chi connectivity index (χ0) is 14.0. The van der Waals surface area contributed by atoms with Crippen molar-refractivity contribution in [3.8, 4) is 0 Å². The van der Waals surface area contributed by atoms with Crippen molar-refractivity contribution in [2.45, 2.75) is 24.6 Å². The Balaban J connectivity index is 2.31. The summed E-state index contributed by atoms with van der Waals surface area (Å²) in [4.78, 5) is 0.189. The van der Waals surface area contributed by atoms with E-state index >= 15 is 0 Å². The average Bonchev–Trinajstić information content (AvgIpc) is 2.70. The third kappa shape index (κ3) is 2.90. The maximum Gasteiger partial charge on any atom is 0.265 e. The van der Waals surface area contributed by atoms with Crippen LogP contribution in [-0.2, 0) is 15.9 Å². The van der Waals surface area contributed by atoms with Crippen LogP contribution in [0, 0.1) is 13.8 Å². The predicted molar refractivity (Wildman–Crippen MR) is 74.9 cm³/mol. The monoisotopic (exact) mass is 299 g/mol. The van der Waals surface area contributed by atoms with Crippen LogP contribution in [0.2, 0.25) is 0 Å². The quantitative estimate of drug-likeness (QED) is 0.852. The van der Waals surface area contributed by atoms with Gasteiger partial charge in [-0.1, -0.05) is 12.1 Å². The number of nitrogens with one attached hydrogen (secondary N) is 2. The van der Waals surface area contributed by atoms with Crippen LogP contribution in [0.4, 0.5) is 5.69 Å². The summed E-state index contributed by atoms with van der Waals surface area (Å²) in [6, 6.07) is 6.92. The van der Waals surface area contributed by atoms with Gasteiger partial charge in [0.2, 0.25) is 0 Å². The first-order valence-corrected chi connectivity index (χ1v) is 7.65. The lowest BCUT2D eigenvalue weighted by atomic mass is 10.2. The normalized spacial score (nSPS) is 11.5. The smallest absolute Gasteiger partial charge is 0.265 e. The molecule has 0 atom stereocenters. The molecule has 5 nitrogen and oxygen atoms in total. The lowest BCUT2D eigenvalue weighted by Gasteiger charge is -2.08. The first-order chi connectivity index (χ1) is 8.94. The maximum absolute atomic E-state index is 12.3. The number of H-pyrrole nitrogens is 1. The molecular weight excluding hydrogens is 286 g/mol. The van der Waals surface area contributed by atoms with Crippen LogP contribution in [0.15, 0.2) is 29.2 Å². The Morgan fingerprint density at radius 3 is 2.37 bits per heavy atom. The van der Waals surface area contributed by atoms with Crippen molar-refractivity contribution >= 4 is 27.3 Å². The van der Waals surface area contributed by atoms with Crippen LogP contribution in [0.1, 0.15) is 17.0 Å². The molecule has 0 aliphatic rings. The van der Waals surface area contributed by atoms with Crippen molar-refractivity contribution in [1.29, 1.82) is 0 Å². The van der Waals surface area contributed by atoms with Crippen molar-refractivity contribution in [3.05, 3.63) is 41.2 Å². The Morgan fingerprint density at radius 2 is 1.89 bits per heavy atom. The highest BCUT2D eigenvalue weighted by molar-refractivity contribution is 7.92. The molecule has 102 valence electrons. The summed E-state index contributed by atoms with van der Waals surface area (Å²) < 4.78 is 27.0. The summed E-state index contributed by atoms with van der Waals surface area (Å²) in [6.45, 7) is 3.32. The molecule has 0 spiro atoms. The predicted octanol–water partition coefficient (Wildman–Crippen LogP) is 2.57. The molecule has 7 heteroatoms. The van der Waals surface area contributed by atoms with Gasteiger partial charge in [0.1, 0.15) is 4.90 Å². The standard InChI is InChI=1S/C12H14ClN3O2S/c1-8-12(9(2)15-14-8)19(17,18)16-11-5-3-10(7-13)4-6-11/h3-6,16H,7H2,1-2H3,(H,14,15). The molecule has 0 aliphatic carbocycles. The molecular formula is C12H14ClN3O2S. The Hall–Kier alpha value is -1.53. The van der Waals surface area contributed by atoms with Crippen molar-refractivity contribution < 1.29 is 8.42 Å². The van der Waals surface area contributed by atoms with Gasteiger partial charge in [-0.15, -0.1) is 11.6 Å². The number of benzene rings is 1. The van der Waals surface area contributed by atoms with Gasteiger partial charge in [-0.05, 0) is 31.5 Å². The number of hydrogen-bond acceptors (Lipinski definition) is 3. The molecule has 1 aromatic heterocycles. The molecule has 0 amide bonds. The average molecular weight is 300 g/mol. The second-order valence-electron chi connectivity index (χ2n) is 4.20. The van der Waals surface area contributed by atoms with Gasteiger partial charge in [0.15, 0.2) is 0 Å². The van der Waals surface area contributed by atoms with Gasteiger partial charge in [0.25, 0.3) is 10.0 Å². The van der Waals surface area contributed by atoms with Crippen LogP contribution in [0.5, 0.6) is 0 Å². The van der Waals surface area contributed by atoms with Crippen molar-refractivity contribution in [3.63, 3.8) is 0 Å².